The van der Waals surface area contributed by atoms with Gasteiger partial charge in [-0.2, -0.15) is 0 Å². The molecule has 0 spiro atoms. The molecule has 0 atom stereocenters. The highest BCUT2D eigenvalue weighted by Crippen LogP contribution is 2.44. The Morgan fingerprint density at radius 3 is 2.15 bits per heavy atom. The van der Waals surface area contributed by atoms with Gasteiger partial charge < -0.3 is 9.52 Å². The Labute approximate surface area is 307 Å². The number of fused-ring (bicyclic) bond motifs is 4. The predicted octanol–water partition coefficient (Wildman–Crippen LogP) is 12.4. The summed E-state index contributed by atoms with van der Waals surface area (Å²) in [5.41, 5.74) is 8.43. The summed E-state index contributed by atoms with van der Waals surface area (Å²) < 4.78 is 6.54. The lowest BCUT2D eigenvalue weighted by molar-refractivity contribution is 0.448. The maximum Gasteiger partial charge on any atom is 0.180 e. The van der Waals surface area contributed by atoms with Crippen LogP contribution < -0.4 is 4.90 Å². The Balaban J connectivity index is 1.30. The van der Waals surface area contributed by atoms with Crippen LogP contribution in [0.2, 0.25) is 0 Å². The van der Waals surface area contributed by atoms with Crippen LogP contribution in [-0.4, -0.2) is 20.1 Å². The number of rotatable bonds is 6. The van der Waals surface area contributed by atoms with E-state index >= 15 is 0 Å². The summed E-state index contributed by atoms with van der Waals surface area (Å²) >= 11 is 0. The van der Waals surface area contributed by atoms with E-state index in [1.165, 1.54) is 0 Å². The van der Waals surface area contributed by atoms with Gasteiger partial charge in [0.25, 0.3) is 0 Å². The molecule has 0 aliphatic carbocycles. The van der Waals surface area contributed by atoms with Gasteiger partial charge in [0, 0.05) is 33.8 Å². The second-order valence-corrected chi connectivity index (χ2v) is 14.3. The molecule has 0 radical (unpaired) electrons. The third-order valence-corrected chi connectivity index (χ3v) is 9.75. The number of anilines is 3. The van der Waals surface area contributed by atoms with Gasteiger partial charge in [0.2, 0.25) is 0 Å². The molecule has 3 heterocycles. The Morgan fingerprint density at radius 2 is 1.34 bits per heavy atom. The van der Waals surface area contributed by atoms with Crippen LogP contribution in [-0.2, 0) is 5.41 Å². The standard InChI is InChI=1S/C47H36N4O2/c1-47(2,3)38-29-33(30-15-5-4-6-16-30)28-37(44(38)52)46-49-42(45-43(50-46)36-22-9-10-24-40(36)53-45)32-19-13-20-34(27-32)51(41-25-11-12-26-48-41)39-23-14-18-31-17-7-8-21-35(31)39/h4-29,52H,1-3H3. The summed E-state index contributed by atoms with van der Waals surface area (Å²) in [5, 5.41) is 15.1. The van der Waals surface area contributed by atoms with Crippen molar-refractivity contribution in [1.82, 2.24) is 15.0 Å². The molecular formula is C47H36N4O2. The summed E-state index contributed by atoms with van der Waals surface area (Å²) in [6, 6.07) is 51.1. The largest absolute Gasteiger partial charge is 0.507 e. The molecule has 0 fully saturated rings. The molecule has 0 amide bonds. The van der Waals surface area contributed by atoms with Crippen molar-refractivity contribution in [2.45, 2.75) is 26.2 Å². The van der Waals surface area contributed by atoms with Gasteiger partial charge in [-0.1, -0.05) is 118 Å². The fourth-order valence-corrected chi connectivity index (χ4v) is 7.16. The molecule has 0 aliphatic heterocycles. The SMILES string of the molecule is CC(C)(C)c1cc(-c2ccccc2)cc(-c2nc(-c3cccc(N(c4ccccn4)c4cccc5ccccc45)c3)c3oc4ccccc4c3n2)c1O. The number of para-hydroxylation sites is 1. The summed E-state index contributed by atoms with van der Waals surface area (Å²) in [6.45, 7) is 6.32. The van der Waals surface area contributed by atoms with E-state index in [4.69, 9.17) is 19.4 Å². The first-order chi connectivity index (χ1) is 25.8. The zero-order chi connectivity index (χ0) is 36.1. The summed E-state index contributed by atoms with van der Waals surface area (Å²) in [7, 11) is 0. The highest BCUT2D eigenvalue weighted by atomic mass is 16.3. The monoisotopic (exact) mass is 688 g/mol. The van der Waals surface area contributed by atoms with Crippen molar-refractivity contribution in [2.75, 3.05) is 4.90 Å². The van der Waals surface area contributed by atoms with Crippen LogP contribution in [0.5, 0.6) is 5.75 Å². The molecule has 6 heteroatoms. The number of pyridine rings is 1. The van der Waals surface area contributed by atoms with Gasteiger partial charge >= 0.3 is 0 Å². The van der Waals surface area contributed by atoms with Crippen LogP contribution in [0.3, 0.4) is 0 Å². The Bertz CT molecular complexity index is 2780. The van der Waals surface area contributed by atoms with Crippen LogP contribution in [0.4, 0.5) is 17.2 Å². The van der Waals surface area contributed by atoms with Crippen molar-refractivity contribution in [3.8, 4) is 39.5 Å². The van der Waals surface area contributed by atoms with Crippen molar-refractivity contribution < 1.29 is 9.52 Å². The average molecular weight is 689 g/mol. The number of furan rings is 1. The van der Waals surface area contributed by atoms with Crippen molar-refractivity contribution in [1.29, 1.82) is 0 Å². The number of hydrogen-bond acceptors (Lipinski definition) is 6. The van der Waals surface area contributed by atoms with Gasteiger partial charge in [-0.25, -0.2) is 15.0 Å². The molecule has 3 aromatic heterocycles. The highest BCUT2D eigenvalue weighted by Gasteiger charge is 2.26. The number of aromatic nitrogens is 3. The molecule has 0 saturated heterocycles. The molecular weight excluding hydrogens is 653 g/mol. The average Bonchev–Trinajstić information content (AvgIpc) is 3.57. The molecule has 6 nitrogen and oxygen atoms in total. The molecule has 6 aromatic carbocycles. The van der Waals surface area contributed by atoms with Gasteiger partial charge in [-0.05, 0) is 76.5 Å². The number of hydrogen-bond donors (Lipinski definition) is 1. The zero-order valence-electron chi connectivity index (χ0n) is 29.7. The molecule has 0 bridgehead atoms. The van der Waals surface area contributed by atoms with Gasteiger partial charge in [-0.15, -0.1) is 0 Å². The summed E-state index contributed by atoms with van der Waals surface area (Å²) in [6.07, 6.45) is 1.81. The molecule has 9 aromatic rings. The van der Waals surface area contributed by atoms with Crippen LogP contribution in [0.1, 0.15) is 26.3 Å². The third-order valence-electron chi connectivity index (χ3n) is 9.75. The molecule has 0 saturated carbocycles. The third kappa shape index (κ3) is 5.75. The minimum absolute atomic E-state index is 0.168. The van der Waals surface area contributed by atoms with Gasteiger partial charge in [0.05, 0.1) is 11.3 Å². The minimum atomic E-state index is -0.343. The first-order valence-electron chi connectivity index (χ1n) is 17.8. The topological polar surface area (TPSA) is 75.3 Å². The van der Waals surface area contributed by atoms with E-state index in [1.807, 2.05) is 85.1 Å². The predicted molar refractivity (Wildman–Crippen MR) is 216 cm³/mol. The van der Waals surface area contributed by atoms with Crippen molar-refractivity contribution in [2.24, 2.45) is 0 Å². The van der Waals surface area contributed by atoms with E-state index in [-0.39, 0.29) is 11.2 Å². The first-order valence-corrected chi connectivity index (χ1v) is 17.8. The lowest BCUT2D eigenvalue weighted by Gasteiger charge is -2.26. The summed E-state index contributed by atoms with van der Waals surface area (Å²) in [4.78, 5) is 17.4. The van der Waals surface area contributed by atoms with E-state index in [1.54, 1.807) is 0 Å². The second kappa shape index (κ2) is 12.8. The van der Waals surface area contributed by atoms with Gasteiger partial charge in [0.15, 0.2) is 11.4 Å². The van der Waals surface area contributed by atoms with Crippen molar-refractivity contribution in [3.05, 3.63) is 163 Å². The van der Waals surface area contributed by atoms with E-state index in [0.717, 1.165) is 61.2 Å². The molecule has 53 heavy (non-hydrogen) atoms. The number of benzene rings is 6. The molecule has 0 aliphatic rings. The molecule has 0 unspecified atom stereocenters. The van der Waals surface area contributed by atoms with E-state index < -0.39 is 0 Å². The number of nitrogens with zero attached hydrogens (tertiary/aromatic N) is 4. The van der Waals surface area contributed by atoms with Crippen LogP contribution in [0, 0.1) is 0 Å². The number of aromatic hydroxyl groups is 1. The van der Waals surface area contributed by atoms with Gasteiger partial charge in [-0.3, -0.25) is 4.90 Å². The van der Waals surface area contributed by atoms with Crippen LogP contribution in [0.15, 0.2) is 162 Å². The number of phenolic OH excluding ortho intramolecular Hbond substituents is 1. The zero-order valence-corrected chi connectivity index (χ0v) is 29.7. The summed E-state index contributed by atoms with van der Waals surface area (Å²) in [5.74, 6) is 1.37. The normalized spacial score (nSPS) is 11.8. The number of phenols is 1. The van der Waals surface area contributed by atoms with Crippen LogP contribution >= 0.6 is 0 Å². The molecule has 1 N–H and O–H groups in total. The van der Waals surface area contributed by atoms with Crippen molar-refractivity contribution >= 4 is 50.0 Å². The lowest BCUT2D eigenvalue weighted by Crippen LogP contribution is -2.12. The van der Waals surface area contributed by atoms with E-state index in [9.17, 15) is 5.11 Å². The Morgan fingerprint density at radius 1 is 0.623 bits per heavy atom. The molecule has 9 rings (SSSR count). The quantitative estimate of drug-likeness (QED) is 0.187. The fourth-order valence-electron chi connectivity index (χ4n) is 7.16. The van der Waals surface area contributed by atoms with E-state index in [2.05, 4.69) is 98.5 Å². The maximum atomic E-state index is 12.0. The van der Waals surface area contributed by atoms with Gasteiger partial charge in [0.1, 0.15) is 28.4 Å². The van der Waals surface area contributed by atoms with Crippen molar-refractivity contribution in [3.63, 3.8) is 0 Å². The Kier molecular flexibility index (Phi) is 7.74. The minimum Gasteiger partial charge on any atom is -0.507 e. The second-order valence-electron chi connectivity index (χ2n) is 14.3. The van der Waals surface area contributed by atoms with E-state index in [0.29, 0.717) is 28.2 Å². The highest BCUT2D eigenvalue weighted by molar-refractivity contribution is 6.07. The molecule has 256 valence electrons. The lowest BCUT2D eigenvalue weighted by atomic mass is 9.83. The first kappa shape index (κ1) is 32.1. The smallest absolute Gasteiger partial charge is 0.180 e. The fraction of sp³-hybridized carbons (Fsp3) is 0.0851. The van der Waals surface area contributed by atoms with Crippen LogP contribution in [0.25, 0.3) is 66.6 Å². The Hall–Kier alpha value is -6.79. The maximum absolute atomic E-state index is 12.0.